The number of hydrogen-bond acceptors (Lipinski definition) is 3. The molecule has 0 amide bonds. The van der Waals surface area contributed by atoms with Crippen molar-refractivity contribution in [1.82, 2.24) is 5.32 Å². The van der Waals surface area contributed by atoms with E-state index in [4.69, 9.17) is 9.47 Å². The highest BCUT2D eigenvalue weighted by Crippen LogP contribution is 2.21. The Balaban J connectivity index is 2.75. The maximum Gasteiger partial charge on any atom is 0.124 e. The molecular weight excluding hydrogens is 226 g/mol. The standard InChI is InChI=1S/C15H25NO2/c1-11(2)16-9-14-8-12(3)6-7-15(14)18-13(4)10-17-5/h6-8,11,13,16H,9-10H2,1-5H3. The lowest BCUT2D eigenvalue weighted by molar-refractivity contribution is 0.0913. The van der Waals surface area contributed by atoms with Crippen molar-refractivity contribution >= 4 is 0 Å². The minimum atomic E-state index is 0.0653. The Morgan fingerprint density at radius 3 is 2.56 bits per heavy atom. The van der Waals surface area contributed by atoms with Crippen molar-refractivity contribution in [3.05, 3.63) is 29.3 Å². The fourth-order valence-corrected chi connectivity index (χ4v) is 1.76. The Labute approximate surface area is 110 Å². The molecule has 0 aliphatic rings. The van der Waals surface area contributed by atoms with Crippen LogP contribution >= 0.6 is 0 Å². The normalized spacial score (nSPS) is 12.8. The van der Waals surface area contributed by atoms with Crippen LogP contribution in [0.5, 0.6) is 5.75 Å². The van der Waals surface area contributed by atoms with Crippen LogP contribution in [0.15, 0.2) is 18.2 Å². The highest BCUT2D eigenvalue weighted by molar-refractivity contribution is 5.37. The summed E-state index contributed by atoms with van der Waals surface area (Å²) in [5, 5.41) is 3.42. The van der Waals surface area contributed by atoms with Gasteiger partial charge in [-0.05, 0) is 19.9 Å². The first-order valence-corrected chi connectivity index (χ1v) is 6.51. The molecule has 0 aromatic heterocycles. The van der Waals surface area contributed by atoms with Crippen LogP contribution in [0.1, 0.15) is 31.9 Å². The molecule has 0 saturated carbocycles. The van der Waals surface area contributed by atoms with E-state index in [0.717, 1.165) is 12.3 Å². The van der Waals surface area contributed by atoms with Crippen molar-refractivity contribution in [3.8, 4) is 5.75 Å². The molecule has 1 N–H and O–H groups in total. The quantitative estimate of drug-likeness (QED) is 0.808. The molecule has 1 rings (SSSR count). The molecular formula is C15H25NO2. The molecule has 18 heavy (non-hydrogen) atoms. The maximum absolute atomic E-state index is 5.91. The predicted molar refractivity (Wildman–Crippen MR) is 75.1 cm³/mol. The number of rotatable bonds is 7. The number of methoxy groups -OCH3 is 1. The van der Waals surface area contributed by atoms with Gasteiger partial charge in [-0.1, -0.05) is 31.5 Å². The maximum atomic E-state index is 5.91. The highest BCUT2D eigenvalue weighted by Gasteiger charge is 2.09. The van der Waals surface area contributed by atoms with Gasteiger partial charge in [-0.15, -0.1) is 0 Å². The monoisotopic (exact) mass is 251 g/mol. The topological polar surface area (TPSA) is 30.5 Å². The van der Waals surface area contributed by atoms with Crippen LogP contribution in [0.2, 0.25) is 0 Å². The smallest absolute Gasteiger partial charge is 0.124 e. The molecule has 1 aromatic rings. The highest BCUT2D eigenvalue weighted by atomic mass is 16.5. The van der Waals surface area contributed by atoms with Gasteiger partial charge in [0.1, 0.15) is 11.9 Å². The summed E-state index contributed by atoms with van der Waals surface area (Å²) in [6.45, 7) is 9.83. The molecule has 0 aliphatic heterocycles. The van der Waals surface area contributed by atoms with Crippen molar-refractivity contribution < 1.29 is 9.47 Å². The van der Waals surface area contributed by atoms with Crippen molar-refractivity contribution in [2.24, 2.45) is 0 Å². The first kappa shape index (κ1) is 15.0. The van der Waals surface area contributed by atoms with Gasteiger partial charge in [-0.2, -0.15) is 0 Å². The van der Waals surface area contributed by atoms with Crippen LogP contribution in [0.4, 0.5) is 0 Å². The molecule has 102 valence electrons. The van der Waals surface area contributed by atoms with E-state index in [-0.39, 0.29) is 6.10 Å². The number of aryl methyl sites for hydroxylation is 1. The molecule has 0 heterocycles. The average molecular weight is 251 g/mol. The molecule has 3 nitrogen and oxygen atoms in total. The van der Waals surface area contributed by atoms with Crippen molar-refractivity contribution in [2.45, 2.75) is 46.4 Å². The molecule has 3 heteroatoms. The van der Waals surface area contributed by atoms with E-state index in [1.807, 2.05) is 13.0 Å². The fraction of sp³-hybridized carbons (Fsp3) is 0.600. The van der Waals surface area contributed by atoms with Crippen molar-refractivity contribution in [1.29, 1.82) is 0 Å². The van der Waals surface area contributed by atoms with Gasteiger partial charge in [0.25, 0.3) is 0 Å². The molecule has 0 saturated heterocycles. The Bertz CT molecular complexity index is 364. The average Bonchev–Trinajstić information content (AvgIpc) is 2.29. The van der Waals surface area contributed by atoms with Gasteiger partial charge < -0.3 is 14.8 Å². The number of benzene rings is 1. The molecule has 1 atom stereocenters. The SMILES string of the molecule is COCC(C)Oc1ccc(C)cc1CNC(C)C. The van der Waals surface area contributed by atoms with E-state index in [2.05, 4.69) is 38.2 Å². The lowest BCUT2D eigenvalue weighted by Gasteiger charge is -2.18. The fourth-order valence-electron chi connectivity index (χ4n) is 1.76. The lowest BCUT2D eigenvalue weighted by Crippen LogP contribution is -2.23. The summed E-state index contributed by atoms with van der Waals surface area (Å²) in [6, 6.07) is 6.76. The van der Waals surface area contributed by atoms with Gasteiger partial charge in [0.2, 0.25) is 0 Å². The summed E-state index contributed by atoms with van der Waals surface area (Å²) < 4.78 is 11.0. The van der Waals surface area contributed by atoms with Crippen LogP contribution in [0, 0.1) is 6.92 Å². The van der Waals surface area contributed by atoms with E-state index < -0.39 is 0 Å². The minimum Gasteiger partial charge on any atom is -0.488 e. The summed E-state index contributed by atoms with van der Waals surface area (Å²) in [6.07, 6.45) is 0.0653. The zero-order valence-corrected chi connectivity index (χ0v) is 12.1. The van der Waals surface area contributed by atoms with Gasteiger partial charge in [-0.25, -0.2) is 0 Å². The van der Waals surface area contributed by atoms with E-state index in [1.165, 1.54) is 11.1 Å². The third-order valence-electron chi connectivity index (χ3n) is 2.65. The van der Waals surface area contributed by atoms with Gasteiger partial charge in [0.05, 0.1) is 6.61 Å². The Morgan fingerprint density at radius 1 is 1.22 bits per heavy atom. The summed E-state index contributed by atoms with van der Waals surface area (Å²) in [7, 11) is 1.69. The van der Waals surface area contributed by atoms with Crippen LogP contribution in [0.25, 0.3) is 0 Å². The third-order valence-corrected chi connectivity index (χ3v) is 2.65. The van der Waals surface area contributed by atoms with Crippen LogP contribution in [-0.2, 0) is 11.3 Å². The summed E-state index contributed by atoms with van der Waals surface area (Å²) in [4.78, 5) is 0. The molecule has 1 unspecified atom stereocenters. The molecule has 0 spiro atoms. The van der Waals surface area contributed by atoms with Crippen LogP contribution in [-0.4, -0.2) is 25.9 Å². The minimum absolute atomic E-state index is 0.0653. The lowest BCUT2D eigenvalue weighted by atomic mass is 10.1. The third kappa shape index (κ3) is 5.07. The Kier molecular flexibility index (Phi) is 6.16. The van der Waals surface area contributed by atoms with Gasteiger partial charge in [-0.3, -0.25) is 0 Å². The summed E-state index contributed by atoms with van der Waals surface area (Å²) >= 11 is 0. The predicted octanol–water partition coefficient (Wildman–Crippen LogP) is 2.91. The summed E-state index contributed by atoms with van der Waals surface area (Å²) in [5.74, 6) is 0.943. The van der Waals surface area contributed by atoms with Crippen molar-refractivity contribution in [2.75, 3.05) is 13.7 Å². The number of nitrogens with one attached hydrogen (secondary N) is 1. The van der Waals surface area contributed by atoms with Crippen LogP contribution in [0.3, 0.4) is 0 Å². The largest absolute Gasteiger partial charge is 0.488 e. The summed E-state index contributed by atoms with van der Waals surface area (Å²) in [5.41, 5.74) is 2.45. The first-order valence-electron chi connectivity index (χ1n) is 6.51. The van der Waals surface area contributed by atoms with Gasteiger partial charge >= 0.3 is 0 Å². The van der Waals surface area contributed by atoms with E-state index >= 15 is 0 Å². The second-order valence-corrected chi connectivity index (χ2v) is 5.03. The van der Waals surface area contributed by atoms with Crippen molar-refractivity contribution in [3.63, 3.8) is 0 Å². The molecule has 0 radical (unpaired) electrons. The zero-order chi connectivity index (χ0) is 13.5. The van der Waals surface area contributed by atoms with Gasteiger partial charge in [0, 0.05) is 25.3 Å². The molecule has 0 aliphatic carbocycles. The van der Waals surface area contributed by atoms with Gasteiger partial charge in [0.15, 0.2) is 0 Å². The number of hydrogen-bond donors (Lipinski definition) is 1. The molecule has 1 aromatic carbocycles. The number of ether oxygens (including phenoxy) is 2. The van der Waals surface area contributed by atoms with E-state index in [0.29, 0.717) is 12.6 Å². The van der Waals surface area contributed by atoms with Crippen LogP contribution < -0.4 is 10.1 Å². The zero-order valence-electron chi connectivity index (χ0n) is 12.1. The Hall–Kier alpha value is -1.06. The Morgan fingerprint density at radius 2 is 1.94 bits per heavy atom. The van der Waals surface area contributed by atoms with E-state index in [9.17, 15) is 0 Å². The van der Waals surface area contributed by atoms with E-state index in [1.54, 1.807) is 7.11 Å². The second kappa shape index (κ2) is 7.39. The molecule has 0 fully saturated rings. The first-order chi connectivity index (χ1) is 8.52. The second-order valence-electron chi connectivity index (χ2n) is 5.03. The molecule has 0 bridgehead atoms.